The largest absolute Gasteiger partial charge is 0.354 e. The van der Waals surface area contributed by atoms with Crippen LogP contribution < -0.4 is 9.80 Å². The molecule has 0 atom stereocenters. The molecule has 1 radical (unpaired) electrons. The predicted octanol–water partition coefficient (Wildman–Crippen LogP) is 3.66. The lowest BCUT2D eigenvalue weighted by molar-refractivity contribution is 0.453. The number of fused-ring (bicyclic) bond motifs is 1. The van der Waals surface area contributed by atoms with Crippen molar-refractivity contribution in [2.75, 3.05) is 36.0 Å². The molecule has 1 aliphatic heterocycles. The molecule has 3 aromatic rings. The first kappa shape index (κ1) is 14.6. The van der Waals surface area contributed by atoms with Crippen LogP contribution in [0.25, 0.3) is 11.0 Å². The van der Waals surface area contributed by atoms with Gasteiger partial charge < -0.3 is 14.3 Å². The van der Waals surface area contributed by atoms with Crippen molar-refractivity contribution in [1.82, 2.24) is 10.1 Å². The SMILES string of the molecule is Clc1c[c]cnc1N1CCN(c2noc3cccc(Cl)c23)CC1. The predicted molar refractivity (Wildman–Crippen MR) is 91.5 cm³/mol. The van der Waals surface area contributed by atoms with E-state index in [0.717, 1.165) is 43.2 Å². The Labute approximate surface area is 143 Å². The fourth-order valence-electron chi connectivity index (χ4n) is 2.85. The average molecular weight is 348 g/mol. The minimum Gasteiger partial charge on any atom is -0.354 e. The molecule has 2 aromatic heterocycles. The van der Waals surface area contributed by atoms with Crippen LogP contribution in [0.2, 0.25) is 10.0 Å². The molecule has 23 heavy (non-hydrogen) atoms. The van der Waals surface area contributed by atoms with E-state index in [0.29, 0.717) is 15.6 Å². The van der Waals surface area contributed by atoms with Crippen molar-refractivity contribution in [2.45, 2.75) is 0 Å². The Hall–Kier alpha value is -1.98. The second-order valence-electron chi connectivity index (χ2n) is 5.33. The summed E-state index contributed by atoms with van der Waals surface area (Å²) in [5.74, 6) is 1.60. The van der Waals surface area contributed by atoms with E-state index in [1.807, 2.05) is 18.2 Å². The van der Waals surface area contributed by atoms with Gasteiger partial charge in [0.15, 0.2) is 11.4 Å². The van der Waals surface area contributed by atoms with E-state index in [1.54, 1.807) is 12.3 Å². The van der Waals surface area contributed by atoms with E-state index in [2.05, 4.69) is 26.0 Å². The zero-order valence-electron chi connectivity index (χ0n) is 12.2. The molecule has 0 spiro atoms. The Morgan fingerprint density at radius 1 is 1.00 bits per heavy atom. The lowest BCUT2D eigenvalue weighted by atomic mass is 10.2. The Bertz CT molecular complexity index is 843. The van der Waals surface area contributed by atoms with Gasteiger partial charge in [0, 0.05) is 38.4 Å². The average Bonchev–Trinajstić information content (AvgIpc) is 3.01. The highest BCUT2D eigenvalue weighted by Gasteiger charge is 2.24. The minimum absolute atomic E-state index is 0.621. The molecule has 1 aliphatic rings. The van der Waals surface area contributed by atoms with E-state index in [9.17, 15) is 0 Å². The lowest BCUT2D eigenvalue weighted by Crippen LogP contribution is -2.47. The van der Waals surface area contributed by atoms with Crippen LogP contribution in [0, 0.1) is 6.07 Å². The highest BCUT2D eigenvalue weighted by molar-refractivity contribution is 6.36. The third-order valence-corrected chi connectivity index (χ3v) is 4.59. The molecular formula is C16H13Cl2N4O. The zero-order chi connectivity index (χ0) is 15.8. The molecule has 0 bridgehead atoms. The number of nitrogens with zero attached hydrogens (tertiary/aromatic N) is 4. The van der Waals surface area contributed by atoms with Crippen molar-refractivity contribution in [3.63, 3.8) is 0 Å². The van der Waals surface area contributed by atoms with Crippen LogP contribution in [-0.4, -0.2) is 36.3 Å². The number of rotatable bonds is 2. The molecule has 7 heteroatoms. The summed E-state index contributed by atoms with van der Waals surface area (Å²) in [5.41, 5.74) is 0.707. The van der Waals surface area contributed by atoms with Gasteiger partial charge in [0.25, 0.3) is 0 Å². The third kappa shape index (κ3) is 2.60. The molecule has 0 saturated carbocycles. The van der Waals surface area contributed by atoms with Crippen LogP contribution in [0.4, 0.5) is 11.6 Å². The summed E-state index contributed by atoms with van der Waals surface area (Å²) in [7, 11) is 0. The van der Waals surface area contributed by atoms with Crippen LogP contribution in [0.1, 0.15) is 0 Å². The van der Waals surface area contributed by atoms with Gasteiger partial charge in [0.2, 0.25) is 0 Å². The van der Waals surface area contributed by atoms with E-state index < -0.39 is 0 Å². The second kappa shape index (κ2) is 5.91. The smallest absolute Gasteiger partial charge is 0.181 e. The van der Waals surface area contributed by atoms with Crippen molar-refractivity contribution >= 4 is 45.8 Å². The number of aromatic nitrogens is 2. The maximum absolute atomic E-state index is 6.30. The first-order valence-electron chi connectivity index (χ1n) is 7.29. The number of halogens is 2. The molecule has 1 aromatic carbocycles. The van der Waals surface area contributed by atoms with Crippen LogP contribution in [0.15, 0.2) is 35.0 Å². The Morgan fingerprint density at radius 2 is 1.74 bits per heavy atom. The van der Waals surface area contributed by atoms with Crippen molar-refractivity contribution in [1.29, 1.82) is 0 Å². The number of anilines is 2. The number of piperazine rings is 1. The van der Waals surface area contributed by atoms with E-state index in [1.165, 1.54) is 0 Å². The molecule has 0 unspecified atom stereocenters. The summed E-state index contributed by atoms with van der Waals surface area (Å²) < 4.78 is 5.39. The Kier molecular flexibility index (Phi) is 3.75. The molecule has 4 rings (SSSR count). The van der Waals surface area contributed by atoms with Gasteiger partial charge in [-0.25, -0.2) is 4.98 Å². The molecule has 3 heterocycles. The van der Waals surface area contributed by atoms with Crippen molar-refractivity contribution in [3.8, 4) is 0 Å². The summed E-state index contributed by atoms with van der Waals surface area (Å²) in [6.07, 6.45) is 1.64. The number of benzene rings is 1. The maximum Gasteiger partial charge on any atom is 0.181 e. The van der Waals surface area contributed by atoms with Gasteiger partial charge in [-0.1, -0.05) is 34.4 Å². The Balaban J connectivity index is 1.57. The molecule has 0 N–H and O–H groups in total. The number of hydrogen-bond acceptors (Lipinski definition) is 5. The summed E-state index contributed by atoms with van der Waals surface area (Å²) in [6.45, 7) is 3.19. The molecular weight excluding hydrogens is 335 g/mol. The zero-order valence-corrected chi connectivity index (χ0v) is 13.7. The normalized spacial score (nSPS) is 15.4. The second-order valence-corrected chi connectivity index (χ2v) is 6.15. The highest BCUT2D eigenvalue weighted by atomic mass is 35.5. The first-order valence-corrected chi connectivity index (χ1v) is 8.05. The number of hydrogen-bond donors (Lipinski definition) is 0. The van der Waals surface area contributed by atoms with Crippen molar-refractivity contribution < 1.29 is 4.52 Å². The molecule has 1 saturated heterocycles. The summed E-state index contributed by atoms with van der Waals surface area (Å²) >= 11 is 12.5. The third-order valence-electron chi connectivity index (χ3n) is 3.99. The standard InChI is InChI=1S/C16H13Cl2N4O/c17-11-3-1-5-13-14(11)16(20-23-13)22-9-7-21(8-10-22)15-12(18)4-2-6-19-15/h1,3-6H,7-10H2. The van der Waals surface area contributed by atoms with E-state index >= 15 is 0 Å². The first-order chi connectivity index (χ1) is 11.2. The maximum atomic E-state index is 6.30. The molecule has 0 aliphatic carbocycles. The molecule has 5 nitrogen and oxygen atoms in total. The lowest BCUT2D eigenvalue weighted by Gasteiger charge is -2.35. The van der Waals surface area contributed by atoms with Gasteiger partial charge in [0.1, 0.15) is 5.82 Å². The highest BCUT2D eigenvalue weighted by Crippen LogP contribution is 2.33. The van der Waals surface area contributed by atoms with Gasteiger partial charge in [-0.15, -0.1) is 0 Å². The fourth-order valence-corrected chi connectivity index (χ4v) is 3.33. The van der Waals surface area contributed by atoms with Crippen molar-refractivity contribution in [2.24, 2.45) is 0 Å². The minimum atomic E-state index is 0.621. The van der Waals surface area contributed by atoms with Gasteiger partial charge in [-0.2, -0.15) is 0 Å². The van der Waals surface area contributed by atoms with Gasteiger partial charge >= 0.3 is 0 Å². The van der Waals surface area contributed by atoms with Crippen LogP contribution in [-0.2, 0) is 0 Å². The van der Waals surface area contributed by atoms with Crippen LogP contribution in [0.5, 0.6) is 0 Å². The van der Waals surface area contributed by atoms with E-state index in [4.69, 9.17) is 27.7 Å². The van der Waals surface area contributed by atoms with Crippen molar-refractivity contribution in [3.05, 3.63) is 46.6 Å². The summed E-state index contributed by atoms with van der Waals surface area (Å²) in [4.78, 5) is 8.66. The molecule has 1 fully saturated rings. The van der Waals surface area contributed by atoms with Crippen LogP contribution >= 0.6 is 23.2 Å². The van der Waals surface area contributed by atoms with Crippen LogP contribution in [0.3, 0.4) is 0 Å². The summed E-state index contributed by atoms with van der Waals surface area (Å²) in [5, 5.41) is 6.34. The molecule has 0 amide bonds. The number of pyridine rings is 1. The monoisotopic (exact) mass is 347 g/mol. The quantitative estimate of drug-likeness (QED) is 0.707. The van der Waals surface area contributed by atoms with Gasteiger partial charge in [-0.3, -0.25) is 0 Å². The Morgan fingerprint density at radius 3 is 2.48 bits per heavy atom. The topological polar surface area (TPSA) is 45.4 Å². The summed E-state index contributed by atoms with van der Waals surface area (Å²) in [6, 6.07) is 10.2. The molecule has 117 valence electrons. The van der Waals surface area contributed by atoms with Gasteiger partial charge in [-0.05, 0) is 18.2 Å². The van der Waals surface area contributed by atoms with E-state index in [-0.39, 0.29) is 0 Å². The van der Waals surface area contributed by atoms with Gasteiger partial charge in [0.05, 0.1) is 15.4 Å². The fraction of sp³-hybridized carbons (Fsp3) is 0.250.